The van der Waals surface area contributed by atoms with Gasteiger partial charge in [0, 0.05) is 18.9 Å². The molecule has 0 aromatic carbocycles. The van der Waals surface area contributed by atoms with Crippen LogP contribution < -0.4 is 5.73 Å². The Balaban J connectivity index is 2.50. The molecule has 0 unspecified atom stereocenters. The molecule has 0 amide bonds. The summed E-state index contributed by atoms with van der Waals surface area (Å²) in [4.78, 5) is 4.37. The molecule has 2 N–H and O–H groups in total. The van der Waals surface area contributed by atoms with Gasteiger partial charge in [0.2, 0.25) is 0 Å². The van der Waals surface area contributed by atoms with Gasteiger partial charge in [0.05, 0.1) is 12.7 Å². The van der Waals surface area contributed by atoms with Crippen molar-refractivity contribution in [1.29, 1.82) is 0 Å². The average molecular weight is 213 g/mol. The monoisotopic (exact) mass is 213 g/mol. The lowest BCUT2D eigenvalue weighted by Gasteiger charge is -2.09. The van der Waals surface area contributed by atoms with Crippen LogP contribution >= 0.6 is 12.2 Å². The van der Waals surface area contributed by atoms with Crippen LogP contribution in [0.4, 0.5) is 0 Å². The summed E-state index contributed by atoms with van der Waals surface area (Å²) in [6.45, 7) is 5.37. The van der Waals surface area contributed by atoms with Crippen LogP contribution in [0.1, 0.15) is 19.7 Å². The number of nitrogens with two attached hydrogens (primary N) is 1. The highest BCUT2D eigenvalue weighted by Gasteiger charge is 2.04. The highest BCUT2D eigenvalue weighted by atomic mass is 32.1. The van der Waals surface area contributed by atoms with Gasteiger partial charge in [0.15, 0.2) is 5.82 Å². The number of ether oxygens (including phenoxy) is 1. The van der Waals surface area contributed by atoms with E-state index in [0.717, 1.165) is 6.54 Å². The molecule has 1 rings (SSSR count). The molecule has 1 aromatic rings. The first-order chi connectivity index (χ1) is 6.61. The van der Waals surface area contributed by atoms with Crippen LogP contribution in [0.3, 0.4) is 0 Å². The Labute approximate surface area is 89.1 Å². The van der Waals surface area contributed by atoms with E-state index < -0.39 is 0 Å². The minimum atomic E-state index is 0.242. The van der Waals surface area contributed by atoms with Crippen molar-refractivity contribution >= 4 is 17.2 Å². The second kappa shape index (κ2) is 5.07. The average Bonchev–Trinajstić information content (AvgIpc) is 2.51. The van der Waals surface area contributed by atoms with Crippen molar-refractivity contribution in [2.45, 2.75) is 26.5 Å². The van der Waals surface area contributed by atoms with Crippen LogP contribution in [0.2, 0.25) is 0 Å². The molecule has 0 fully saturated rings. The summed E-state index contributed by atoms with van der Waals surface area (Å²) < 4.78 is 7.31. The van der Waals surface area contributed by atoms with Gasteiger partial charge in [0.25, 0.3) is 0 Å². The van der Waals surface area contributed by atoms with Gasteiger partial charge in [-0.2, -0.15) is 0 Å². The molecule has 14 heavy (non-hydrogen) atoms. The van der Waals surface area contributed by atoms with Crippen molar-refractivity contribution in [3.8, 4) is 0 Å². The van der Waals surface area contributed by atoms with E-state index in [2.05, 4.69) is 4.98 Å². The summed E-state index contributed by atoms with van der Waals surface area (Å²) in [7, 11) is 0. The minimum Gasteiger partial charge on any atom is -0.387 e. The van der Waals surface area contributed by atoms with Gasteiger partial charge in [-0.25, -0.2) is 4.98 Å². The molecule has 0 radical (unpaired) electrons. The quantitative estimate of drug-likeness (QED) is 0.740. The second-order valence-electron chi connectivity index (χ2n) is 3.23. The molecule has 0 saturated carbocycles. The van der Waals surface area contributed by atoms with E-state index in [9.17, 15) is 0 Å². The number of hydrogen-bond acceptors (Lipinski definition) is 3. The number of nitrogens with zero attached hydrogens (tertiary/aromatic N) is 2. The zero-order valence-corrected chi connectivity index (χ0v) is 9.25. The first kappa shape index (κ1) is 11.1. The van der Waals surface area contributed by atoms with Crippen molar-refractivity contribution in [3.05, 3.63) is 18.2 Å². The molecule has 0 aliphatic heterocycles. The third-order valence-electron chi connectivity index (χ3n) is 1.72. The molecular weight excluding hydrogens is 198 g/mol. The van der Waals surface area contributed by atoms with Crippen molar-refractivity contribution < 1.29 is 4.74 Å². The fraction of sp³-hybridized carbons (Fsp3) is 0.556. The van der Waals surface area contributed by atoms with Crippen molar-refractivity contribution in [1.82, 2.24) is 9.55 Å². The lowest BCUT2D eigenvalue weighted by molar-refractivity contribution is 0.0726. The smallest absolute Gasteiger partial charge is 0.167 e. The normalized spacial score (nSPS) is 10.8. The fourth-order valence-corrected chi connectivity index (χ4v) is 1.27. The molecule has 1 aromatic heterocycles. The first-order valence-electron chi connectivity index (χ1n) is 4.54. The van der Waals surface area contributed by atoms with E-state index in [1.807, 2.05) is 24.6 Å². The largest absolute Gasteiger partial charge is 0.387 e. The SMILES string of the molecule is CC(C)OCCn1ccnc1C(N)=S. The highest BCUT2D eigenvalue weighted by molar-refractivity contribution is 7.80. The number of rotatable bonds is 5. The van der Waals surface area contributed by atoms with Gasteiger partial charge < -0.3 is 15.0 Å². The lowest BCUT2D eigenvalue weighted by Crippen LogP contribution is -2.19. The molecule has 4 nitrogen and oxygen atoms in total. The van der Waals surface area contributed by atoms with Crippen LogP contribution in [0, 0.1) is 0 Å². The van der Waals surface area contributed by atoms with E-state index in [1.165, 1.54) is 0 Å². The fourth-order valence-electron chi connectivity index (χ4n) is 1.10. The van der Waals surface area contributed by atoms with E-state index in [0.29, 0.717) is 17.4 Å². The van der Waals surface area contributed by atoms with E-state index >= 15 is 0 Å². The van der Waals surface area contributed by atoms with E-state index in [4.69, 9.17) is 22.7 Å². The van der Waals surface area contributed by atoms with E-state index in [1.54, 1.807) is 6.20 Å². The Morgan fingerprint density at radius 1 is 1.71 bits per heavy atom. The highest BCUT2D eigenvalue weighted by Crippen LogP contribution is 1.98. The Morgan fingerprint density at radius 3 is 3.00 bits per heavy atom. The second-order valence-corrected chi connectivity index (χ2v) is 3.67. The summed E-state index contributed by atoms with van der Waals surface area (Å²) in [5, 5.41) is 0. The molecule has 0 aliphatic carbocycles. The number of thiocarbonyl (C=S) groups is 1. The number of imidazole rings is 1. The molecule has 78 valence electrons. The maximum atomic E-state index is 5.50. The number of hydrogen-bond donors (Lipinski definition) is 1. The Hall–Kier alpha value is -0.940. The molecule has 1 heterocycles. The van der Waals surface area contributed by atoms with Crippen LogP contribution in [-0.2, 0) is 11.3 Å². The zero-order chi connectivity index (χ0) is 10.6. The Morgan fingerprint density at radius 2 is 2.43 bits per heavy atom. The molecule has 0 atom stereocenters. The van der Waals surface area contributed by atoms with Crippen LogP contribution in [0.15, 0.2) is 12.4 Å². The summed E-state index contributed by atoms with van der Waals surface area (Å²) in [6, 6.07) is 0. The Bertz CT molecular complexity index is 309. The third kappa shape index (κ3) is 3.08. The predicted octanol–water partition coefficient (Wildman–Crippen LogP) is 0.942. The third-order valence-corrected chi connectivity index (χ3v) is 1.90. The molecule has 5 heteroatoms. The van der Waals surface area contributed by atoms with Crippen molar-refractivity contribution in [2.75, 3.05) is 6.61 Å². The summed E-state index contributed by atoms with van der Waals surface area (Å²) in [5.74, 6) is 0.646. The number of aromatic nitrogens is 2. The van der Waals surface area contributed by atoms with Crippen LogP contribution in [-0.4, -0.2) is 27.3 Å². The molecule has 0 aliphatic rings. The predicted molar refractivity (Wildman–Crippen MR) is 59.2 cm³/mol. The van der Waals surface area contributed by atoms with Crippen molar-refractivity contribution in [3.63, 3.8) is 0 Å². The van der Waals surface area contributed by atoms with Crippen molar-refractivity contribution in [2.24, 2.45) is 5.73 Å². The summed E-state index contributed by atoms with van der Waals surface area (Å²) >= 11 is 4.86. The maximum Gasteiger partial charge on any atom is 0.167 e. The molecular formula is C9H15N3OS. The maximum absolute atomic E-state index is 5.50. The Kier molecular flexibility index (Phi) is 4.03. The van der Waals surface area contributed by atoms with Crippen LogP contribution in [0.5, 0.6) is 0 Å². The zero-order valence-electron chi connectivity index (χ0n) is 8.43. The summed E-state index contributed by atoms with van der Waals surface area (Å²) in [6.07, 6.45) is 3.77. The van der Waals surface area contributed by atoms with Gasteiger partial charge >= 0.3 is 0 Å². The minimum absolute atomic E-state index is 0.242. The van der Waals surface area contributed by atoms with Crippen LogP contribution in [0.25, 0.3) is 0 Å². The van der Waals surface area contributed by atoms with Gasteiger partial charge in [-0.1, -0.05) is 12.2 Å². The lowest BCUT2D eigenvalue weighted by atomic mass is 10.5. The van der Waals surface area contributed by atoms with Gasteiger partial charge in [-0.3, -0.25) is 0 Å². The summed E-state index contributed by atoms with van der Waals surface area (Å²) in [5.41, 5.74) is 5.50. The molecule has 0 saturated heterocycles. The molecule has 0 spiro atoms. The van der Waals surface area contributed by atoms with Gasteiger partial charge in [-0.05, 0) is 13.8 Å². The standard InChI is InChI=1S/C9H15N3OS/c1-7(2)13-6-5-12-4-3-11-9(12)8(10)14/h3-4,7H,5-6H2,1-2H3,(H2,10,14). The topological polar surface area (TPSA) is 53.1 Å². The van der Waals surface area contributed by atoms with Gasteiger partial charge in [-0.15, -0.1) is 0 Å². The molecule has 0 bridgehead atoms. The first-order valence-corrected chi connectivity index (χ1v) is 4.94. The van der Waals surface area contributed by atoms with E-state index in [-0.39, 0.29) is 6.10 Å². The van der Waals surface area contributed by atoms with Gasteiger partial charge in [0.1, 0.15) is 4.99 Å².